The van der Waals surface area contributed by atoms with Crippen molar-refractivity contribution in [3.63, 3.8) is 0 Å². The third-order valence-corrected chi connectivity index (χ3v) is 7.19. The molecule has 0 bridgehead atoms. The Hall–Kier alpha value is -3.47. The van der Waals surface area contributed by atoms with Gasteiger partial charge in [-0.15, -0.1) is 10.2 Å². The van der Waals surface area contributed by atoms with Crippen LogP contribution in [0.25, 0.3) is 5.69 Å². The Kier molecular flexibility index (Phi) is 7.88. The van der Waals surface area contributed by atoms with Crippen LogP contribution >= 0.6 is 11.6 Å². The molecular formula is C28H31ClN4O6. The Balaban J connectivity index is 1.61. The molecule has 2 unspecified atom stereocenters. The summed E-state index contributed by atoms with van der Waals surface area (Å²) in [6.07, 6.45) is -0.388. The van der Waals surface area contributed by atoms with Crippen LogP contribution in [0.5, 0.6) is 11.5 Å². The number of benzene rings is 2. The lowest BCUT2D eigenvalue weighted by atomic mass is 9.98. The summed E-state index contributed by atoms with van der Waals surface area (Å²) in [5.41, 5.74) is 2.17. The van der Waals surface area contributed by atoms with Crippen LogP contribution in [-0.4, -0.2) is 53.5 Å². The summed E-state index contributed by atoms with van der Waals surface area (Å²) < 4.78 is 25.1. The first-order valence-electron chi connectivity index (χ1n) is 12.9. The van der Waals surface area contributed by atoms with Crippen LogP contribution in [0.15, 0.2) is 36.4 Å². The largest absolute Gasteiger partial charge is 0.493 e. The molecule has 3 atom stereocenters. The number of esters is 2. The van der Waals surface area contributed by atoms with Crippen LogP contribution in [0.3, 0.4) is 0 Å². The van der Waals surface area contributed by atoms with Gasteiger partial charge >= 0.3 is 11.9 Å². The molecule has 2 aliphatic rings. The first-order valence-corrected chi connectivity index (χ1v) is 13.3. The van der Waals surface area contributed by atoms with Crippen LogP contribution in [0.2, 0.25) is 5.02 Å². The minimum Gasteiger partial charge on any atom is -0.493 e. The molecule has 39 heavy (non-hydrogen) atoms. The average molecular weight is 555 g/mol. The maximum Gasteiger partial charge on any atom is 0.330 e. The number of para-hydroxylation sites is 1. The van der Waals surface area contributed by atoms with Crippen LogP contribution in [-0.2, 0) is 19.1 Å². The number of carbonyl (C=O) groups is 2. The predicted octanol–water partition coefficient (Wildman–Crippen LogP) is 4.43. The molecule has 3 heterocycles. The summed E-state index contributed by atoms with van der Waals surface area (Å²) in [6.45, 7) is 4.74. The number of hydrogen-bond acceptors (Lipinski definition) is 9. The van der Waals surface area contributed by atoms with Gasteiger partial charge in [0.15, 0.2) is 17.3 Å². The topological polar surface area (TPSA) is 114 Å². The lowest BCUT2D eigenvalue weighted by Gasteiger charge is -2.24. The quantitative estimate of drug-likeness (QED) is 0.334. The molecule has 0 spiro atoms. The molecule has 0 saturated carbocycles. The predicted molar refractivity (Wildman–Crippen MR) is 142 cm³/mol. The molecule has 0 aliphatic carbocycles. The number of hydrogen-bond donors (Lipinski definition) is 1. The highest BCUT2D eigenvalue weighted by Gasteiger charge is 2.38. The number of fused-ring (bicyclic) bond motifs is 3. The molecule has 2 aromatic carbocycles. The van der Waals surface area contributed by atoms with Crippen molar-refractivity contribution in [2.75, 3.05) is 20.8 Å². The lowest BCUT2D eigenvalue weighted by Crippen LogP contribution is -2.34. The zero-order chi connectivity index (χ0) is 27.7. The van der Waals surface area contributed by atoms with E-state index in [0.29, 0.717) is 46.7 Å². The number of aromatic nitrogens is 3. The summed E-state index contributed by atoms with van der Waals surface area (Å²) in [4.78, 5) is 25.6. The number of carbonyl (C=O) groups excluding carboxylic acids is 2. The van der Waals surface area contributed by atoms with Crippen LogP contribution in [0, 0.1) is 0 Å². The first-order chi connectivity index (χ1) is 18.8. The summed E-state index contributed by atoms with van der Waals surface area (Å²) in [5, 5.41) is 12.4. The van der Waals surface area contributed by atoms with Crippen molar-refractivity contribution in [3.8, 4) is 17.2 Å². The Morgan fingerprint density at radius 3 is 2.67 bits per heavy atom. The van der Waals surface area contributed by atoms with Gasteiger partial charge in [0.2, 0.25) is 0 Å². The van der Waals surface area contributed by atoms with Gasteiger partial charge in [0.25, 0.3) is 0 Å². The van der Waals surface area contributed by atoms with E-state index in [1.165, 1.54) is 0 Å². The third-order valence-electron chi connectivity index (χ3n) is 6.96. The molecule has 1 N–H and O–H groups in total. The second-order valence-electron chi connectivity index (χ2n) is 9.84. The molecule has 1 fully saturated rings. The fraction of sp³-hybridized carbons (Fsp3) is 0.429. The molecule has 5 rings (SSSR count). The molecule has 10 nitrogen and oxygen atoms in total. The molecule has 0 radical (unpaired) electrons. The number of rotatable bonds is 7. The minimum absolute atomic E-state index is 0.0142. The van der Waals surface area contributed by atoms with E-state index in [1.54, 1.807) is 26.4 Å². The molecule has 2 aliphatic heterocycles. The van der Waals surface area contributed by atoms with Crippen molar-refractivity contribution in [2.24, 2.45) is 0 Å². The normalized spacial score (nSPS) is 20.2. The minimum atomic E-state index is -0.895. The van der Waals surface area contributed by atoms with Gasteiger partial charge < -0.3 is 24.3 Å². The number of nitrogens with one attached hydrogen (secondary N) is 1. The highest BCUT2D eigenvalue weighted by molar-refractivity contribution is 6.30. The molecular weight excluding hydrogens is 524 g/mol. The van der Waals surface area contributed by atoms with Crippen molar-refractivity contribution < 1.29 is 28.5 Å². The van der Waals surface area contributed by atoms with E-state index in [9.17, 15) is 9.59 Å². The summed E-state index contributed by atoms with van der Waals surface area (Å²) in [5.74, 6) is 0.854. The van der Waals surface area contributed by atoms with Gasteiger partial charge in [-0.2, -0.15) is 0 Å². The first kappa shape index (κ1) is 27.1. The van der Waals surface area contributed by atoms with Crippen molar-refractivity contribution in [3.05, 3.63) is 64.2 Å². The molecule has 1 aromatic heterocycles. The summed E-state index contributed by atoms with van der Waals surface area (Å²) in [6, 6.07) is 10.5. The van der Waals surface area contributed by atoms with Crippen molar-refractivity contribution >= 4 is 23.5 Å². The van der Waals surface area contributed by atoms with Crippen LogP contribution < -0.4 is 14.8 Å². The average Bonchev–Trinajstić information content (AvgIpc) is 3.59. The monoisotopic (exact) mass is 554 g/mol. The highest BCUT2D eigenvalue weighted by Crippen LogP contribution is 2.46. The second kappa shape index (κ2) is 11.3. The van der Waals surface area contributed by atoms with Gasteiger partial charge in [-0.1, -0.05) is 37.6 Å². The zero-order valence-corrected chi connectivity index (χ0v) is 23.0. The standard InChI is InChI=1S/C28H31ClN4O6/c1-15(2)26-31-32-27-22(14-23(34)39-28(35)19-8-6-12-30-19)38-24(17-7-5-9-21(36-3)25(17)37-4)18-13-16(29)10-11-20(18)33(26)27/h5,7,9-11,13,15,19,22,24,30H,6,8,12,14H2,1-4H3/t19-,22?,24?/m1/s1. The number of methoxy groups -OCH3 is 2. The van der Waals surface area contributed by atoms with Crippen LogP contribution in [0.4, 0.5) is 0 Å². The Bertz CT molecular complexity index is 1380. The van der Waals surface area contributed by atoms with E-state index in [0.717, 1.165) is 17.7 Å². The van der Waals surface area contributed by atoms with Crippen molar-refractivity contribution in [2.45, 2.75) is 57.3 Å². The lowest BCUT2D eigenvalue weighted by molar-refractivity contribution is -0.163. The molecule has 3 aromatic rings. The number of halogens is 1. The maximum absolute atomic E-state index is 13.1. The molecule has 11 heteroatoms. The van der Waals surface area contributed by atoms with Crippen molar-refractivity contribution in [1.29, 1.82) is 0 Å². The van der Waals surface area contributed by atoms with E-state index in [1.807, 2.05) is 42.7 Å². The third kappa shape index (κ3) is 5.24. The smallest absolute Gasteiger partial charge is 0.330 e. The van der Waals surface area contributed by atoms with Gasteiger partial charge in [-0.3, -0.25) is 9.36 Å². The van der Waals surface area contributed by atoms with E-state index in [4.69, 9.17) is 30.5 Å². The fourth-order valence-corrected chi connectivity index (χ4v) is 5.32. The second-order valence-corrected chi connectivity index (χ2v) is 10.3. The van der Waals surface area contributed by atoms with Gasteiger partial charge in [-0.05, 0) is 43.7 Å². The Labute approximate surface area is 231 Å². The van der Waals surface area contributed by atoms with E-state index < -0.39 is 30.2 Å². The Morgan fingerprint density at radius 2 is 1.97 bits per heavy atom. The number of nitrogens with zero attached hydrogens (tertiary/aromatic N) is 3. The fourth-order valence-electron chi connectivity index (χ4n) is 5.14. The van der Waals surface area contributed by atoms with Gasteiger partial charge in [0, 0.05) is 22.1 Å². The summed E-state index contributed by atoms with van der Waals surface area (Å²) in [7, 11) is 3.12. The molecule has 206 valence electrons. The van der Waals surface area contributed by atoms with E-state index in [-0.39, 0.29) is 12.3 Å². The van der Waals surface area contributed by atoms with Crippen molar-refractivity contribution in [1.82, 2.24) is 20.1 Å². The molecule has 1 saturated heterocycles. The Morgan fingerprint density at radius 1 is 1.15 bits per heavy atom. The van der Waals surface area contributed by atoms with Gasteiger partial charge in [-0.25, -0.2) is 4.79 Å². The van der Waals surface area contributed by atoms with E-state index in [2.05, 4.69) is 15.5 Å². The maximum atomic E-state index is 13.1. The van der Waals surface area contributed by atoms with Gasteiger partial charge in [0.1, 0.15) is 24.1 Å². The van der Waals surface area contributed by atoms with Crippen LogP contribution in [0.1, 0.15) is 74.0 Å². The zero-order valence-electron chi connectivity index (χ0n) is 22.3. The van der Waals surface area contributed by atoms with Gasteiger partial charge in [0.05, 0.1) is 26.3 Å². The molecule has 0 amide bonds. The highest BCUT2D eigenvalue weighted by atomic mass is 35.5. The van der Waals surface area contributed by atoms with E-state index >= 15 is 0 Å². The number of ether oxygens (including phenoxy) is 4. The summed E-state index contributed by atoms with van der Waals surface area (Å²) >= 11 is 6.49. The SMILES string of the molecule is COc1cccc(C2OC(CC(=O)OC(=O)[C@H]3CCCN3)c3nnc(C(C)C)n3-c3ccc(Cl)cc32)c1OC.